The second kappa shape index (κ2) is 3.46. The van der Waals surface area contributed by atoms with Crippen LogP contribution in [0.4, 0.5) is 5.69 Å². The van der Waals surface area contributed by atoms with Crippen molar-refractivity contribution in [1.29, 1.82) is 0 Å². The van der Waals surface area contributed by atoms with Gasteiger partial charge in [0.15, 0.2) is 0 Å². The molecule has 2 aromatic carbocycles. The van der Waals surface area contributed by atoms with Crippen LogP contribution < -0.4 is 5.73 Å². The Morgan fingerprint density at radius 1 is 1.15 bits per heavy atom. The number of rotatable bonds is 0. The molecule has 0 saturated heterocycles. The van der Waals surface area contributed by atoms with Crippen molar-refractivity contribution in [3.8, 4) is 0 Å². The summed E-state index contributed by atoms with van der Waals surface area (Å²) >= 11 is 5.82. The number of hydrogen-bond acceptors (Lipinski definition) is 1. The number of halogens is 2. The number of fused-ring (bicyclic) bond motifs is 1. The average Bonchev–Trinajstić information content (AvgIpc) is 2.15. The van der Waals surface area contributed by atoms with Crippen molar-refractivity contribution in [3.63, 3.8) is 0 Å². The zero-order chi connectivity index (χ0) is 9.42. The van der Waals surface area contributed by atoms with Gasteiger partial charge in [-0.1, -0.05) is 24.3 Å². The molecule has 2 N–H and O–H groups in total. The topological polar surface area (TPSA) is 26.0 Å². The lowest BCUT2D eigenvalue weighted by Crippen LogP contribution is -1.89. The Bertz CT molecular complexity index is 468. The van der Waals surface area contributed by atoms with Crippen molar-refractivity contribution < 1.29 is 0 Å². The third kappa shape index (κ3) is 1.55. The van der Waals surface area contributed by atoms with E-state index in [1.165, 1.54) is 5.39 Å². The lowest BCUT2D eigenvalue weighted by atomic mass is 10.1. The smallest absolute Gasteiger partial charge is 0.0405 e. The van der Waals surface area contributed by atoms with Crippen LogP contribution in [-0.2, 0) is 0 Å². The third-order valence-electron chi connectivity index (χ3n) is 1.97. The summed E-state index contributed by atoms with van der Waals surface area (Å²) in [7, 11) is 0. The maximum absolute atomic E-state index is 5.90. The van der Waals surface area contributed by atoms with E-state index in [0.717, 1.165) is 19.1 Å². The first-order chi connectivity index (χ1) is 6.20. The summed E-state index contributed by atoms with van der Waals surface area (Å²) in [6.45, 7) is 0. The molecule has 2 aromatic rings. The normalized spacial score (nSPS) is 10.6. The van der Waals surface area contributed by atoms with Crippen LogP contribution in [0, 0.1) is 3.57 Å². The van der Waals surface area contributed by atoms with E-state index in [1.807, 2.05) is 24.3 Å². The summed E-state index contributed by atoms with van der Waals surface area (Å²) in [4.78, 5) is 0. The molecule has 0 aliphatic rings. The quantitative estimate of drug-likeness (QED) is 0.569. The maximum Gasteiger partial charge on any atom is 0.0405 e. The highest BCUT2D eigenvalue weighted by Gasteiger charge is 2.04. The van der Waals surface area contributed by atoms with Crippen molar-refractivity contribution in [1.82, 2.24) is 0 Å². The van der Waals surface area contributed by atoms with Crippen LogP contribution in [0.5, 0.6) is 0 Å². The van der Waals surface area contributed by atoms with Crippen molar-refractivity contribution in [2.24, 2.45) is 0 Å². The summed E-state index contributed by atoms with van der Waals surface area (Å²) in [5.74, 6) is 0. The maximum atomic E-state index is 5.90. The summed E-state index contributed by atoms with van der Waals surface area (Å²) < 4.78 is 2.27. The number of benzene rings is 2. The molecule has 3 heteroatoms. The Labute approximate surface area is 98.6 Å². The van der Waals surface area contributed by atoms with Crippen LogP contribution in [-0.4, -0.2) is 0 Å². The lowest BCUT2D eigenvalue weighted by Gasteiger charge is -2.05. The summed E-state index contributed by atoms with van der Waals surface area (Å²) in [6, 6.07) is 10.1. The molecule has 0 aliphatic carbocycles. The van der Waals surface area contributed by atoms with Crippen LogP contribution in [0.3, 0.4) is 0 Å². The highest BCUT2D eigenvalue weighted by atomic mass is 127. The molecule has 1 nitrogen and oxygen atoms in total. The second-order valence-electron chi connectivity index (χ2n) is 2.81. The van der Waals surface area contributed by atoms with Gasteiger partial charge in [-0.2, -0.15) is 0 Å². The van der Waals surface area contributed by atoms with Crippen LogP contribution in [0.1, 0.15) is 0 Å². The van der Waals surface area contributed by atoms with Crippen LogP contribution in [0.15, 0.2) is 34.8 Å². The van der Waals surface area contributed by atoms with Gasteiger partial charge in [0.05, 0.1) is 0 Å². The molecule has 0 heterocycles. The minimum Gasteiger partial charge on any atom is -0.398 e. The second-order valence-corrected chi connectivity index (χ2v) is 4.76. The molecule has 0 unspecified atom stereocenters. The zero-order valence-electron chi connectivity index (χ0n) is 6.72. The summed E-state index contributed by atoms with van der Waals surface area (Å²) in [5, 5.41) is 2.28. The van der Waals surface area contributed by atoms with Crippen LogP contribution in [0.25, 0.3) is 10.8 Å². The monoisotopic (exact) mass is 347 g/mol. The highest BCUT2D eigenvalue weighted by molar-refractivity contribution is 14.1. The van der Waals surface area contributed by atoms with Crippen molar-refractivity contribution in [3.05, 3.63) is 38.4 Å². The van der Waals surface area contributed by atoms with E-state index < -0.39 is 0 Å². The highest BCUT2D eigenvalue weighted by Crippen LogP contribution is 2.32. The van der Waals surface area contributed by atoms with Gasteiger partial charge in [0.25, 0.3) is 0 Å². The average molecular weight is 348 g/mol. The van der Waals surface area contributed by atoms with E-state index in [9.17, 15) is 0 Å². The van der Waals surface area contributed by atoms with E-state index in [1.54, 1.807) is 0 Å². The first-order valence-corrected chi connectivity index (χ1v) is 5.69. The molecular formula is C10H7BrIN. The van der Waals surface area contributed by atoms with Crippen molar-refractivity contribution in [2.75, 3.05) is 5.73 Å². The number of anilines is 1. The Kier molecular flexibility index (Phi) is 2.47. The Balaban J connectivity index is 2.97. The minimum atomic E-state index is 0.836. The first kappa shape index (κ1) is 9.27. The largest absolute Gasteiger partial charge is 0.398 e. The molecule has 0 saturated carbocycles. The lowest BCUT2D eigenvalue weighted by molar-refractivity contribution is 1.64. The Morgan fingerprint density at radius 2 is 1.77 bits per heavy atom. The minimum absolute atomic E-state index is 0.836. The number of nitrogens with two attached hydrogens (primary N) is 1. The molecular weight excluding hydrogens is 341 g/mol. The van der Waals surface area contributed by atoms with Crippen LogP contribution >= 0.6 is 38.5 Å². The fraction of sp³-hybridized carbons (Fsp3) is 0. The van der Waals surface area contributed by atoms with E-state index in [-0.39, 0.29) is 0 Å². The molecule has 0 aliphatic heterocycles. The summed E-state index contributed by atoms with van der Waals surface area (Å²) in [5.41, 5.74) is 6.74. The van der Waals surface area contributed by atoms with Gasteiger partial charge in [-0.15, -0.1) is 0 Å². The summed E-state index contributed by atoms with van der Waals surface area (Å²) in [6.07, 6.45) is 0. The van der Waals surface area contributed by atoms with E-state index in [4.69, 9.17) is 5.73 Å². The molecule has 0 spiro atoms. The van der Waals surface area contributed by atoms with Gasteiger partial charge >= 0.3 is 0 Å². The van der Waals surface area contributed by atoms with Gasteiger partial charge in [0.1, 0.15) is 0 Å². The molecule has 0 atom stereocenters. The third-order valence-corrected chi connectivity index (χ3v) is 4.41. The van der Waals surface area contributed by atoms with Gasteiger partial charge < -0.3 is 5.73 Å². The standard InChI is InChI=1S/C10H7BrIN/c11-10-7-4-2-1-3-6(7)9(13)5-8(10)12/h1-5H,13H2. The predicted molar refractivity (Wildman–Crippen MR) is 68.8 cm³/mol. The van der Waals surface area contributed by atoms with Gasteiger partial charge in [0.2, 0.25) is 0 Å². The van der Waals surface area contributed by atoms with Crippen molar-refractivity contribution in [2.45, 2.75) is 0 Å². The van der Waals surface area contributed by atoms with Crippen LogP contribution in [0.2, 0.25) is 0 Å². The number of hydrogen-bond donors (Lipinski definition) is 1. The molecule has 13 heavy (non-hydrogen) atoms. The SMILES string of the molecule is Nc1cc(I)c(Br)c2ccccc12. The fourth-order valence-corrected chi connectivity index (χ4v) is 2.42. The Morgan fingerprint density at radius 3 is 2.46 bits per heavy atom. The van der Waals surface area contributed by atoms with Gasteiger partial charge in [-0.25, -0.2) is 0 Å². The fourth-order valence-electron chi connectivity index (χ4n) is 1.33. The molecule has 2 rings (SSSR count). The zero-order valence-corrected chi connectivity index (χ0v) is 10.5. The van der Waals surface area contributed by atoms with Gasteiger partial charge in [-0.3, -0.25) is 0 Å². The molecule has 0 bridgehead atoms. The molecule has 0 aromatic heterocycles. The first-order valence-electron chi connectivity index (χ1n) is 3.82. The molecule has 0 radical (unpaired) electrons. The molecule has 0 fully saturated rings. The number of nitrogen functional groups attached to an aromatic ring is 1. The van der Waals surface area contributed by atoms with Gasteiger partial charge in [-0.05, 0) is 50.0 Å². The van der Waals surface area contributed by atoms with E-state index in [2.05, 4.69) is 44.6 Å². The molecule has 66 valence electrons. The molecule has 0 amide bonds. The van der Waals surface area contributed by atoms with Crippen molar-refractivity contribution >= 4 is 55.0 Å². The Hall–Kier alpha value is -0.290. The predicted octanol–water partition coefficient (Wildman–Crippen LogP) is 3.79. The van der Waals surface area contributed by atoms with E-state index in [0.29, 0.717) is 0 Å². The van der Waals surface area contributed by atoms with Gasteiger partial charge in [0, 0.05) is 19.1 Å². The van der Waals surface area contributed by atoms with E-state index >= 15 is 0 Å².